The molecule has 0 radical (unpaired) electrons. The largest absolute Gasteiger partial charge is 0.394 e. The average molecular weight is 304 g/mol. The smallest absolute Gasteiger partial charge is 0.209 e. The number of aliphatic hydroxyl groups excluding tert-OH is 1. The van der Waals surface area contributed by atoms with Gasteiger partial charge in [-0.25, -0.2) is 12.8 Å². The second-order valence-corrected chi connectivity index (χ2v) is 7.02. The van der Waals surface area contributed by atoms with Crippen molar-refractivity contribution in [3.8, 4) is 0 Å². The summed E-state index contributed by atoms with van der Waals surface area (Å²) in [6, 6.07) is 5.30. The van der Waals surface area contributed by atoms with Gasteiger partial charge in [0.15, 0.2) is 9.84 Å². The van der Waals surface area contributed by atoms with Gasteiger partial charge in [0.25, 0.3) is 0 Å². The summed E-state index contributed by atoms with van der Waals surface area (Å²) in [5, 5.41) is 9.13. The summed E-state index contributed by atoms with van der Waals surface area (Å²) in [5.41, 5.74) is 0.423. The molecule has 0 aliphatic carbocycles. The molecule has 2 atom stereocenters. The molecule has 1 fully saturated rings. The summed E-state index contributed by atoms with van der Waals surface area (Å²) < 4.78 is 47.9. The van der Waals surface area contributed by atoms with Crippen LogP contribution in [0.15, 0.2) is 24.3 Å². The molecule has 1 aliphatic rings. The Balaban J connectivity index is 2.37. The van der Waals surface area contributed by atoms with Gasteiger partial charge in [0.05, 0.1) is 13.2 Å². The van der Waals surface area contributed by atoms with E-state index in [0.29, 0.717) is 5.56 Å². The lowest BCUT2D eigenvalue weighted by molar-refractivity contribution is -0.162. The first kappa shape index (κ1) is 15.4. The summed E-state index contributed by atoms with van der Waals surface area (Å²) in [4.78, 5) is 0. The molecule has 0 amide bonds. The van der Waals surface area contributed by atoms with Crippen molar-refractivity contribution in [3.63, 3.8) is 0 Å². The van der Waals surface area contributed by atoms with Crippen LogP contribution in [0.3, 0.4) is 0 Å². The molecule has 1 heterocycles. The van der Waals surface area contributed by atoms with Crippen molar-refractivity contribution in [1.82, 2.24) is 0 Å². The lowest BCUT2D eigenvalue weighted by atomic mass is 10.1. The van der Waals surface area contributed by atoms with E-state index in [0.717, 1.165) is 0 Å². The second kappa shape index (κ2) is 5.77. The Hall–Kier alpha value is -1.02. The van der Waals surface area contributed by atoms with Gasteiger partial charge < -0.3 is 14.6 Å². The van der Waals surface area contributed by atoms with E-state index in [1.807, 2.05) is 0 Å². The molecule has 0 aromatic heterocycles. The van der Waals surface area contributed by atoms with Crippen LogP contribution in [0.1, 0.15) is 12.5 Å². The molecule has 1 N–H and O–H groups in total. The zero-order valence-corrected chi connectivity index (χ0v) is 11.9. The minimum absolute atomic E-state index is 0.0492. The van der Waals surface area contributed by atoms with Crippen LogP contribution in [0.2, 0.25) is 0 Å². The van der Waals surface area contributed by atoms with E-state index in [4.69, 9.17) is 14.6 Å². The van der Waals surface area contributed by atoms with E-state index in [1.165, 1.54) is 31.2 Å². The Labute approximate surface area is 117 Å². The second-order valence-electron chi connectivity index (χ2n) is 4.67. The quantitative estimate of drug-likeness (QED) is 0.872. The zero-order valence-electron chi connectivity index (χ0n) is 11.1. The maximum Gasteiger partial charge on any atom is 0.209 e. The Morgan fingerprint density at radius 3 is 2.55 bits per heavy atom. The van der Waals surface area contributed by atoms with Crippen LogP contribution in [0.4, 0.5) is 4.39 Å². The van der Waals surface area contributed by atoms with E-state index >= 15 is 0 Å². The summed E-state index contributed by atoms with van der Waals surface area (Å²) in [6.45, 7) is 1.36. The highest BCUT2D eigenvalue weighted by Crippen LogP contribution is 2.36. The monoisotopic (exact) mass is 304 g/mol. The Morgan fingerprint density at radius 2 is 2.05 bits per heavy atom. The first-order valence-electron chi connectivity index (χ1n) is 6.30. The fraction of sp³-hybridized carbons (Fsp3) is 0.538. The topological polar surface area (TPSA) is 72.8 Å². The van der Waals surface area contributed by atoms with Gasteiger partial charge in [-0.1, -0.05) is 19.1 Å². The van der Waals surface area contributed by atoms with Crippen LogP contribution in [0.5, 0.6) is 0 Å². The molecular formula is C13H17FO5S. The number of benzene rings is 1. The number of sulfone groups is 1. The Morgan fingerprint density at radius 1 is 1.40 bits per heavy atom. The maximum absolute atomic E-state index is 13.0. The van der Waals surface area contributed by atoms with Crippen molar-refractivity contribution in [2.75, 3.05) is 24.7 Å². The van der Waals surface area contributed by atoms with Crippen molar-refractivity contribution < 1.29 is 27.4 Å². The predicted molar refractivity (Wildman–Crippen MR) is 70.3 cm³/mol. The molecule has 0 spiro atoms. The zero-order chi connectivity index (χ0) is 14.8. The number of rotatable bonds is 5. The van der Waals surface area contributed by atoms with Crippen molar-refractivity contribution in [2.24, 2.45) is 0 Å². The SMILES string of the molecule is CCS(=O)(=O)C[C@@]1(c2ccc(F)cc2)OC[C@@H](CO)O1. The van der Waals surface area contributed by atoms with E-state index in [9.17, 15) is 12.8 Å². The molecule has 20 heavy (non-hydrogen) atoms. The maximum atomic E-state index is 13.0. The molecule has 1 aromatic rings. The van der Waals surface area contributed by atoms with Crippen LogP contribution in [0.25, 0.3) is 0 Å². The average Bonchev–Trinajstić information content (AvgIpc) is 2.83. The predicted octanol–water partition coefficient (Wildman–Crippen LogP) is 0.821. The van der Waals surface area contributed by atoms with Gasteiger partial charge in [-0.05, 0) is 12.1 Å². The molecular weight excluding hydrogens is 287 g/mol. The Kier molecular flexibility index (Phi) is 4.43. The first-order valence-corrected chi connectivity index (χ1v) is 8.12. The van der Waals surface area contributed by atoms with Gasteiger partial charge >= 0.3 is 0 Å². The molecule has 5 nitrogen and oxygen atoms in total. The molecule has 7 heteroatoms. The molecule has 0 saturated carbocycles. The number of aliphatic hydroxyl groups is 1. The number of halogens is 1. The summed E-state index contributed by atoms with van der Waals surface area (Å²) in [6.07, 6.45) is -0.591. The number of hydrogen-bond acceptors (Lipinski definition) is 5. The highest BCUT2D eigenvalue weighted by Gasteiger charge is 2.46. The lowest BCUT2D eigenvalue weighted by Gasteiger charge is -2.28. The summed E-state index contributed by atoms with van der Waals surface area (Å²) in [5.74, 6) is -2.32. The molecule has 1 aliphatic heterocycles. The summed E-state index contributed by atoms with van der Waals surface area (Å²) in [7, 11) is -3.38. The van der Waals surface area contributed by atoms with Crippen LogP contribution in [-0.4, -0.2) is 44.3 Å². The minimum atomic E-state index is -3.38. The van der Waals surface area contributed by atoms with Crippen LogP contribution < -0.4 is 0 Å². The van der Waals surface area contributed by atoms with Gasteiger partial charge in [-0.15, -0.1) is 0 Å². The van der Waals surface area contributed by atoms with Crippen molar-refractivity contribution in [1.29, 1.82) is 0 Å². The van der Waals surface area contributed by atoms with E-state index in [1.54, 1.807) is 0 Å². The third-order valence-electron chi connectivity index (χ3n) is 3.20. The van der Waals surface area contributed by atoms with Crippen molar-refractivity contribution in [2.45, 2.75) is 18.8 Å². The normalized spacial score (nSPS) is 26.9. The number of ether oxygens (including phenoxy) is 2. The molecule has 112 valence electrons. The van der Waals surface area contributed by atoms with E-state index in [2.05, 4.69) is 0 Å². The fourth-order valence-corrected chi connectivity index (χ4v) is 3.16. The molecule has 1 aromatic carbocycles. The minimum Gasteiger partial charge on any atom is -0.394 e. The van der Waals surface area contributed by atoms with Gasteiger partial charge in [0.1, 0.15) is 17.7 Å². The molecule has 0 unspecified atom stereocenters. The first-order chi connectivity index (χ1) is 9.41. The number of hydrogen-bond donors (Lipinski definition) is 1. The standard InChI is InChI=1S/C13H17FO5S/c1-2-20(16,17)9-13(18-8-12(7-15)19-13)10-3-5-11(14)6-4-10/h3-6,12,15H,2,7-9H2,1H3/t12-,13-/m1/s1. The highest BCUT2D eigenvalue weighted by atomic mass is 32.2. The van der Waals surface area contributed by atoms with E-state index in [-0.39, 0.29) is 24.7 Å². The van der Waals surface area contributed by atoms with Gasteiger partial charge in [0, 0.05) is 11.3 Å². The van der Waals surface area contributed by atoms with Gasteiger partial charge in [-0.2, -0.15) is 0 Å². The molecule has 2 rings (SSSR count). The third-order valence-corrected chi connectivity index (χ3v) is 4.90. The van der Waals surface area contributed by atoms with E-state index < -0.39 is 27.5 Å². The third kappa shape index (κ3) is 3.17. The van der Waals surface area contributed by atoms with Crippen molar-refractivity contribution >= 4 is 9.84 Å². The fourth-order valence-electron chi connectivity index (χ4n) is 2.06. The Bertz CT molecular complexity index is 557. The lowest BCUT2D eigenvalue weighted by Crippen LogP contribution is -2.37. The van der Waals surface area contributed by atoms with Crippen LogP contribution in [0, 0.1) is 5.82 Å². The highest BCUT2D eigenvalue weighted by molar-refractivity contribution is 7.91. The van der Waals surface area contributed by atoms with Gasteiger partial charge in [-0.3, -0.25) is 0 Å². The molecule has 1 saturated heterocycles. The molecule has 0 bridgehead atoms. The van der Waals surface area contributed by atoms with Crippen LogP contribution >= 0.6 is 0 Å². The van der Waals surface area contributed by atoms with Gasteiger partial charge in [0.2, 0.25) is 5.79 Å². The van der Waals surface area contributed by atoms with Crippen molar-refractivity contribution in [3.05, 3.63) is 35.6 Å². The summed E-state index contributed by atoms with van der Waals surface area (Å²) >= 11 is 0. The van der Waals surface area contributed by atoms with Crippen LogP contribution in [-0.2, 0) is 25.1 Å².